The number of amides is 1. The van der Waals surface area contributed by atoms with Gasteiger partial charge in [0.05, 0.1) is 5.52 Å². The summed E-state index contributed by atoms with van der Waals surface area (Å²) in [5.41, 5.74) is 5.49. The number of anilines is 2. The number of benzene rings is 2. The number of nitrogens with one attached hydrogen (secondary N) is 1. The van der Waals surface area contributed by atoms with Crippen molar-refractivity contribution in [2.24, 2.45) is 0 Å². The molecule has 144 valence electrons. The molecule has 1 N–H and O–H groups in total. The molecule has 1 aliphatic rings. The maximum absolute atomic E-state index is 13.0. The van der Waals surface area contributed by atoms with Gasteiger partial charge in [0, 0.05) is 34.3 Å². The van der Waals surface area contributed by atoms with Gasteiger partial charge in [-0.1, -0.05) is 27.6 Å². The summed E-state index contributed by atoms with van der Waals surface area (Å²) in [6.07, 6.45) is 3.65. The predicted molar refractivity (Wildman–Crippen MR) is 119 cm³/mol. The molecule has 1 amide bonds. The van der Waals surface area contributed by atoms with Crippen LogP contribution in [0.25, 0.3) is 10.9 Å². The van der Waals surface area contributed by atoms with E-state index in [9.17, 15) is 4.79 Å². The zero-order chi connectivity index (χ0) is 19.7. The number of pyridine rings is 1. The van der Waals surface area contributed by atoms with Crippen LogP contribution in [0.3, 0.4) is 0 Å². The van der Waals surface area contributed by atoms with E-state index in [4.69, 9.17) is 0 Å². The largest absolute Gasteiger partial charge is 0.371 e. The van der Waals surface area contributed by atoms with Crippen molar-refractivity contribution >= 4 is 44.1 Å². The topological polar surface area (TPSA) is 45.2 Å². The SMILES string of the molecule is Cc1ccc2nc(C(=O)Nc3ccc(Br)c(C)c3)cc(N3CCCCC3)c2c1. The number of aryl methyl sites for hydroxylation is 2. The standard InChI is InChI=1S/C23H24BrN3O/c1-15-6-9-20-18(12-15)22(27-10-4-3-5-11-27)14-21(26-20)23(28)25-17-7-8-19(24)16(2)13-17/h6-9,12-14H,3-5,10-11H2,1-2H3,(H,25,28). The van der Waals surface area contributed by atoms with E-state index in [1.165, 1.54) is 24.8 Å². The molecule has 4 nitrogen and oxygen atoms in total. The second-order valence-corrected chi connectivity index (χ2v) is 8.37. The molecule has 0 atom stereocenters. The van der Waals surface area contributed by atoms with Crippen LogP contribution in [-0.2, 0) is 0 Å². The number of halogens is 1. The van der Waals surface area contributed by atoms with Gasteiger partial charge in [0.25, 0.3) is 5.91 Å². The number of piperidine rings is 1. The Morgan fingerprint density at radius 3 is 2.57 bits per heavy atom. The van der Waals surface area contributed by atoms with E-state index in [0.29, 0.717) is 5.69 Å². The minimum Gasteiger partial charge on any atom is -0.371 e. The Balaban J connectivity index is 1.72. The summed E-state index contributed by atoms with van der Waals surface area (Å²) in [6, 6.07) is 14.0. The van der Waals surface area contributed by atoms with Gasteiger partial charge in [-0.15, -0.1) is 0 Å². The van der Waals surface area contributed by atoms with Gasteiger partial charge in [0.1, 0.15) is 5.69 Å². The Morgan fingerprint density at radius 2 is 1.82 bits per heavy atom. The number of carbonyl (C=O) groups is 1. The monoisotopic (exact) mass is 437 g/mol. The van der Waals surface area contributed by atoms with Crippen LogP contribution in [0.4, 0.5) is 11.4 Å². The van der Waals surface area contributed by atoms with Crippen molar-refractivity contribution in [2.75, 3.05) is 23.3 Å². The Kier molecular flexibility index (Phi) is 5.36. The summed E-state index contributed by atoms with van der Waals surface area (Å²) in [6.45, 7) is 6.15. The first-order chi connectivity index (χ1) is 13.5. The van der Waals surface area contributed by atoms with Crippen LogP contribution in [0.2, 0.25) is 0 Å². The van der Waals surface area contributed by atoms with Gasteiger partial charge < -0.3 is 10.2 Å². The Hall–Kier alpha value is -2.40. The fourth-order valence-corrected chi connectivity index (χ4v) is 4.00. The van der Waals surface area contributed by atoms with Crippen LogP contribution in [0, 0.1) is 13.8 Å². The van der Waals surface area contributed by atoms with Crippen molar-refractivity contribution in [1.82, 2.24) is 4.98 Å². The van der Waals surface area contributed by atoms with Crippen LogP contribution in [0.1, 0.15) is 40.9 Å². The third-order valence-corrected chi connectivity index (χ3v) is 6.18. The molecule has 28 heavy (non-hydrogen) atoms. The number of carbonyl (C=O) groups excluding carboxylic acids is 1. The smallest absolute Gasteiger partial charge is 0.274 e. The van der Waals surface area contributed by atoms with Crippen LogP contribution in [0.5, 0.6) is 0 Å². The zero-order valence-corrected chi connectivity index (χ0v) is 17.8. The van der Waals surface area contributed by atoms with E-state index in [0.717, 1.165) is 45.4 Å². The number of aromatic nitrogens is 1. The molecule has 5 heteroatoms. The average molecular weight is 438 g/mol. The van der Waals surface area contributed by atoms with Crippen molar-refractivity contribution in [2.45, 2.75) is 33.1 Å². The van der Waals surface area contributed by atoms with Crippen molar-refractivity contribution in [3.63, 3.8) is 0 Å². The lowest BCUT2D eigenvalue weighted by atomic mass is 10.1. The lowest BCUT2D eigenvalue weighted by Crippen LogP contribution is -2.30. The number of hydrogen-bond donors (Lipinski definition) is 1. The Morgan fingerprint density at radius 1 is 1.04 bits per heavy atom. The lowest BCUT2D eigenvalue weighted by Gasteiger charge is -2.30. The zero-order valence-electron chi connectivity index (χ0n) is 16.3. The Bertz CT molecular complexity index is 1040. The van der Waals surface area contributed by atoms with E-state index in [1.807, 2.05) is 37.3 Å². The van der Waals surface area contributed by atoms with Gasteiger partial charge in [0.15, 0.2) is 0 Å². The molecular weight excluding hydrogens is 414 g/mol. The third kappa shape index (κ3) is 3.90. The minimum absolute atomic E-state index is 0.178. The molecule has 1 aliphatic heterocycles. The van der Waals surface area contributed by atoms with Gasteiger partial charge >= 0.3 is 0 Å². The number of rotatable bonds is 3. The van der Waals surface area contributed by atoms with Crippen molar-refractivity contribution in [3.05, 3.63) is 63.8 Å². The first-order valence-corrected chi connectivity index (χ1v) is 10.5. The summed E-state index contributed by atoms with van der Waals surface area (Å²) >= 11 is 3.50. The molecule has 4 rings (SSSR count). The average Bonchev–Trinajstić information content (AvgIpc) is 2.70. The highest BCUT2D eigenvalue weighted by Crippen LogP contribution is 2.30. The highest BCUT2D eigenvalue weighted by Gasteiger charge is 2.18. The second kappa shape index (κ2) is 7.92. The van der Waals surface area contributed by atoms with Crippen molar-refractivity contribution in [1.29, 1.82) is 0 Å². The van der Waals surface area contributed by atoms with Gasteiger partial charge in [-0.25, -0.2) is 4.98 Å². The molecular formula is C23H24BrN3O. The fraction of sp³-hybridized carbons (Fsp3) is 0.304. The van der Waals surface area contributed by atoms with Crippen molar-refractivity contribution in [3.8, 4) is 0 Å². The predicted octanol–water partition coefficient (Wildman–Crippen LogP) is 5.86. The van der Waals surface area contributed by atoms with Gasteiger partial charge in [-0.3, -0.25) is 4.79 Å². The third-order valence-electron chi connectivity index (χ3n) is 5.29. The molecule has 1 aromatic heterocycles. The van der Waals surface area contributed by atoms with Crippen LogP contribution in [-0.4, -0.2) is 24.0 Å². The lowest BCUT2D eigenvalue weighted by molar-refractivity contribution is 0.102. The van der Waals surface area contributed by atoms with E-state index in [2.05, 4.69) is 50.2 Å². The van der Waals surface area contributed by atoms with E-state index < -0.39 is 0 Å². The van der Waals surface area contributed by atoms with E-state index in [-0.39, 0.29) is 5.91 Å². The minimum atomic E-state index is -0.178. The Labute approximate surface area is 174 Å². The fourth-order valence-electron chi connectivity index (χ4n) is 3.75. The first-order valence-electron chi connectivity index (χ1n) is 9.75. The second-order valence-electron chi connectivity index (χ2n) is 7.51. The molecule has 2 aromatic carbocycles. The molecule has 0 unspecified atom stereocenters. The van der Waals surface area contributed by atoms with Crippen LogP contribution < -0.4 is 10.2 Å². The van der Waals surface area contributed by atoms with Crippen molar-refractivity contribution < 1.29 is 4.79 Å². The molecule has 0 saturated carbocycles. The summed E-state index contributed by atoms with van der Waals surface area (Å²) in [5, 5.41) is 4.11. The van der Waals surface area contributed by atoms with Gasteiger partial charge in [0.2, 0.25) is 0 Å². The van der Waals surface area contributed by atoms with E-state index in [1.54, 1.807) is 0 Å². The molecule has 0 bridgehead atoms. The molecule has 3 aromatic rings. The molecule has 0 radical (unpaired) electrons. The molecule has 0 aliphatic carbocycles. The maximum atomic E-state index is 13.0. The summed E-state index contributed by atoms with van der Waals surface area (Å²) < 4.78 is 1.03. The van der Waals surface area contributed by atoms with Gasteiger partial charge in [-0.05, 0) is 75.1 Å². The van der Waals surface area contributed by atoms with E-state index >= 15 is 0 Å². The van der Waals surface area contributed by atoms with Crippen LogP contribution in [0.15, 0.2) is 46.9 Å². The molecule has 2 heterocycles. The highest BCUT2D eigenvalue weighted by atomic mass is 79.9. The van der Waals surface area contributed by atoms with Gasteiger partial charge in [-0.2, -0.15) is 0 Å². The molecule has 1 saturated heterocycles. The van der Waals surface area contributed by atoms with Crippen LogP contribution >= 0.6 is 15.9 Å². The summed E-state index contributed by atoms with van der Waals surface area (Å²) in [7, 11) is 0. The first kappa shape index (κ1) is 18.9. The molecule has 0 spiro atoms. The molecule has 1 fully saturated rings. The maximum Gasteiger partial charge on any atom is 0.274 e. The quantitative estimate of drug-likeness (QED) is 0.558. The summed E-state index contributed by atoms with van der Waals surface area (Å²) in [4.78, 5) is 20.0. The number of fused-ring (bicyclic) bond motifs is 1. The number of nitrogens with zero attached hydrogens (tertiary/aromatic N) is 2. The normalized spacial score (nSPS) is 14.3. The summed E-state index contributed by atoms with van der Waals surface area (Å²) in [5.74, 6) is -0.178. The number of hydrogen-bond acceptors (Lipinski definition) is 3. The highest BCUT2D eigenvalue weighted by molar-refractivity contribution is 9.10.